The van der Waals surface area contributed by atoms with Crippen LogP contribution in [0.3, 0.4) is 0 Å². The predicted octanol–water partition coefficient (Wildman–Crippen LogP) is 2.61. The summed E-state index contributed by atoms with van der Waals surface area (Å²) in [6, 6.07) is 6.50. The molecule has 0 N–H and O–H groups in total. The van der Waals surface area contributed by atoms with Crippen LogP contribution in [-0.2, 0) is 0 Å². The molecule has 0 aliphatic carbocycles. The molecule has 0 amide bonds. The molecule has 2 aliphatic heterocycles. The van der Waals surface area contributed by atoms with Crippen LogP contribution >= 0.6 is 12.2 Å². The number of non-ortho nitro benzene ring substituents is 1. The van der Waals surface area contributed by atoms with Crippen LogP contribution in [0.25, 0.3) is 0 Å². The van der Waals surface area contributed by atoms with Gasteiger partial charge in [0.2, 0.25) is 0 Å². The molecule has 0 fully saturated rings. The molecule has 0 aromatic heterocycles. The molecule has 0 saturated carbocycles. The smallest absolute Gasteiger partial charge is 0.269 e. The predicted molar refractivity (Wildman–Crippen MR) is 83.8 cm³/mol. The average molecular weight is 300 g/mol. The number of hydrogen-bond acceptors (Lipinski definition) is 4. The molecule has 0 saturated heterocycles. The monoisotopic (exact) mass is 300 g/mol. The minimum atomic E-state index is -0.407. The van der Waals surface area contributed by atoms with Gasteiger partial charge in [0.05, 0.1) is 4.92 Å². The van der Waals surface area contributed by atoms with Crippen molar-refractivity contribution in [1.82, 2.24) is 9.80 Å². The molecule has 2 heterocycles. The summed E-state index contributed by atoms with van der Waals surface area (Å²) in [5.74, 6) is 0.768. The molecule has 0 spiro atoms. The SMILES string of the molecule is CN1C(=S)N=C2C=CC=CN2C1c1ccc([N+](=O)[O-])cc1. The number of nitro groups is 1. The molecule has 0 radical (unpaired) electrons. The summed E-state index contributed by atoms with van der Waals surface area (Å²) >= 11 is 5.29. The molecule has 1 unspecified atom stereocenters. The molecule has 3 rings (SSSR count). The molecule has 21 heavy (non-hydrogen) atoms. The molecule has 2 aliphatic rings. The van der Waals surface area contributed by atoms with E-state index in [1.807, 2.05) is 41.3 Å². The van der Waals surface area contributed by atoms with E-state index in [4.69, 9.17) is 12.2 Å². The van der Waals surface area contributed by atoms with Crippen molar-refractivity contribution in [2.45, 2.75) is 6.17 Å². The number of amidine groups is 1. The van der Waals surface area contributed by atoms with Crippen LogP contribution in [0.5, 0.6) is 0 Å². The van der Waals surface area contributed by atoms with Crippen molar-refractivity contribution in [3.63, 3.8) is 0 Å². The highest BCUT2D eigenvalue weighted by molar-refractivity contribution is 7.80. The van der Waals surface area contributed by atoms with Crippen molar-refractivity contribution < 1.29 is 4.92 Å². The third-order valence-electron chi connectivity index (χ3n) is 3.41. The van der Waals surface area contributed by atoms with E-state index < -0.39 is 4.92 Å². The van der Waals surface area contributed by atoms with Crippen LogP contribution in [-0.4, -0.2) is 32.7 Å². The Labute approximate surface area is 126 Å². The van der Waals surface area contributed by atoms with Crippen LogP contribution in [0.4, 0.5) is 5.69 Å². The van der Waals surface area contributed by atoms with Crippen molar-refractivity contribution in [1.29, 1.82) is 0 Å². The normalized spacial score (nSPS) is 20.3. The third-order valence-corrected chi connectivity index (χ3v) is 3.79. The van der Waals surface area contributed by atoms with Crippen LogP contribution in [0.15, 0.2) is 53.7 Å². The van der Waals surface area contributed by atoms with E-state index in [1.54, 1.807) is 12.1 Å². The summed E-state index contributed by atoms with van der Waals surface area (Å²) in [6.07, 6.45) is 7.46. The van der Waals surface area contributed by atoms with Gasteiger partial charge in [0.15, 0.2) is 5.11 Å². The van der Waals surface area contributed by atoms with E-state index in [9.17, 15) is 10.1 Å². The van der Waals surface area contributed by atoms with Crippen LogP contribution < -0.4 is 0 Å². The molecule has 1 aromatic rings. The Hall–Kier alpha value is -2.54. The zero-order chi connectivity index (χ0) is 15.0. The molecule has 7 heteroatoms. The Balaban J connectivity index is 2.01. The van der Waals surface area contributed by atoms with Gasteiger partial charge in [0.25, 0.3) is 5.69 Å². The van der Waals surface area contributed by atoms with Gasteiger partial charge in [-0.05, 0) is 42.1 Å². The largest absolute Gasteiger partial charge is 0.326 e. The number of allylic oxidation sites excluding steroid dienone is 2. The number of benzene rings is 1. The lowest BCUT2D eigenvalue weighted by molar-refractivity contribution is -0.384. The maximum atomic E-state index is 10.8. The highest BCUT2D eigenvalue weighted by atomic mass is 32.1. The fourth-order valence-electron chi connectivity index (χ4n) is 2.37. The molecule has 1 atom stereocenters. The van der Waals surface area contributed by atoms with Gasteiger partial charge in [-0.3, -0.25) is 10.1 Å². The summed E-state index contributed by atoms with van der Waals surface area (Å²) in [7, 11) is 1.86. The average Bonchev–Trinajstić information content (AvgIpc) is 2.49. The Kier molecular flexibility index (Phi) is 3.26. The minimum absolute atomic E-state index is 0.0720. The number of aliphatic imine (C=N–C) groups is 1. The molecular formula is C14H12N4O2S. The number of hydrogen-bond donors (Lipinski definition) is 0. The zero-order valence-corrected chi connectivity index (χ0v) is 12.0. The number of nitro benzene ring substituents is 1. The standard InChI is InChI=1S/C14H12N4O2S/c1-16-13(10-5-7-11(8-6-10)18(19)20)17-9-3-2-4-12(17)15-14(16)21/h2-9,13H,1H3. The van der Waals surface area contributed by atoms with E-state index in [0.29, 0.717) is 5.11 Å². The first-order valence-electron chi connectivity index (χ1n) is 6.31. The second-order valence-corrected chi connectivity index (χ2v) is 5.06. The summed E-state index contributed by atoms with van der Waals surface area (Å²) in [5.41, 5.74) is 0.987. The lowest BCUT2D eigenvalue weighted by Gasteiger charge is -2.41. The first-order valence-corrected chi connectivity index (χ1v) is 6.72. The number of nitrogens with zero attached hydrogens (tertiary/aromatic N) is 4. The van der Waals surface area contributed by atoms with Gasteiger partial charge in [-0.2, -0.15) is 0 Å². The van der Waals surface area contributed by atoms with E-state index in [2.05, 4.69) is 4.99 Å². The summed E-state index contributed by atoms with van der Waals surface area (Å²) in [4.78, 5) is 18.6. The molecule has 0 bridgehead atoms. The van der Waals surface area contributed by atoms with Crippen LogP contribution in [0.1, 0.15) is 11.7 Å². The van der Waals surface area contributed by atoms with Crippen molar-refractivity contribution >= 4 is 28.9 Å². The van der Waals surface area contributed by atoms with Gasteiger partial charge in [-0.25, -0.2) is 4.99 Å². The second kappa shape index (κ2) is 5.10. The number of thiocarbonyl (C=S) groups is 1. The lowest BCUT2D eigenvalue weighted by Crippen LogP contribution is -2.46. The highest BCUT2D eigenvalue weighted by Gasteiger charge is 2.31. The van der Waals surface area contributed by atoms with E-state index in [-0.39, 0.29) is 11.9 Å². The minimum Gasteiger partial charge on any atom is -0.326 e. The molecular weight excluding hydrogens is 288 g/mol. The maximum Gasteiger partial charge on any atom is 0.269 e. The zero-order valence-electron chi connectivity index (χ0n) is 11.2. The number of rotatable bonds is 2. The second-order valence-electron chi connectivity index (χ2n) is 4.69. The molecule has 1 aromatic carbocycles. The first kappa shape index (κ1) is 13.4. The van der Waals surface area contributed by atoms with E-state index in [1.165, 1.54) is 12.1 Å². The van der Waals surface area contributed by atoms with Gasteiger partial charge >= 0.3 is 0 Å². The van der Waals surface area contributed by atoms with E-state index in [0.717, 1.165) is 11.4 Å². The van der Waals surface area contributed by atoms with E-state index >= 15 is 0 Å². The highest BCUT2D eigenvalue weighted by Crippen LogP contribution is 2.31. The molecule has 6 nitrogen and oxygen atoms in total. The topological polar surface area (TPSA) is 62.0 Å². The van der Waals surface area contributed by atoms with Gasteiger partial charge in [0, 0.05) is 25.4 Å². The fraction of sp³-hybridized carbons (Fsp3) is 0.143. The third kappa shape index (κ3) is 2.31. The summed E-state index contributed by atoms with van der Waals surface area (Å²) < 4.78 is 0. The van der Waals surface area contributed by atoms with Crippen molar-refractivity contribution in [2.24, 2.45) is 4.99 Å². The Morgan fingerprint density at radius 1 is 1.29 bits per heavy atom. The van der Waals surface area contributed by atoms with Crippen molar-refractivity contribution in [2.75, 3.05) is 7.05 Å². The summed E-state index contributed by atoms with van der Waals surface area (Å²) in [5, 5.41) is 11.2. The Morgan fingerprint density at radius 3 is 2.67 bits per heavy atom. The van der Waals surface area contributed by atoms with Gasteiger partial charge in [-0.1, -0.05) is 6.08 Å². The Morgan fingerprint density at radius 2 is 2.00 bits per heavy atom. The van der Waals surface area contributed by atoms with Gasteiger partial charge in [0.1, 0.15) is 12.0 Å². The molecule has 106 valence electrons. The Bertz CT molecular complexity index is 693. The van der Waals surface area contributed by atoms with Crippen molar-refractivity contribution in [3.05, 3.63) is 64.4 Å². The quantitative estimate of drug-likeness (QED) is 0.477. The summed E-state index contributed by atoms with van der Waals surface area (Å²) in [6.45, 7) is 0. The van der Waals surface area contributed by atoms with Gasteiger partial charge < -0.3 is 9.80 Å². The first-order chi connectivity index (χ1) is 10.1. The number of fused-ring (bicyclic) bond motifs is 1. The maximum absolute atomic E-state index is 10.8. The lowest BCUT2D eigenvalue weighted by atomic mass is 10.1. The van der Waals surface area contributed by atoms with Crippen LogP contribution in [0.2, 0.25) is 0 Å². The van der Waals surface area contributed by atoms with Crippen LogP contribution in [0, 0.1) is 10.1 Å². The fourth-order valence-corrected chi connectivity index (χ4v) is 2.56. The van der Waals surface area contributed by atoms with Crippen molar-refractivity contribution in [3.8, 4) is 0 Å². The van der Waals surface area contributed by atoms with Gasteiger partial charge in [-0.15, -0.1) is 0 Å².